The van der Waals surface area contributed by atoms with Gasteiger partial charge in [-0.3, -0.25) is 14.5 Å². The molecule has 166 valence electrons. The molecule has 0 radical (unpaired) electrons. The highest BCUT2D eigenvalue weighted by Gasteiger charge is 2.39. The third-order valence-electron chi connectivity index (χ3n) is 6.06. The van der Waals surface area contributed by atoms with Gasteiger partial charge in [-0.1, -0.05) is 0 Å². The highest BCUT2D eigenvalue weighted by Crippen LogP contribution is 2.40. The first-order chi connectivity index (χ1) is 15.3. The van der Waals surface area contributed by atoms with Crippen LogP contribution in [0.1, 0.15) is 47.7 Å². The Morgan fingerprint density at radius 2 is 1.88 bits per heavy atom. The van der Waals surface area contributed by atoms with E-state index in [0.717, 1.165) is 18.5 Å². The number of hydrogen-bond acceptors (Lipinski definition) is 6. The van der Waals surface area contributed by atoms with Crippen molar-refractivity contribution in [1.29, 1.82) is 0 Å². The van der Waals surface area contributed by atoms with Crippen molar-refractivity contribution in [3.8, 4) is 10.8 Å². The van der Waals surface area contributed by atoms with E-state index in [0.29, 0.717) is 41.1 Å². The average molecular weight is 455 g/mol. The molecule has 0 N–H and O–H groups in total. The Morgan fingerprint density at radius 3 is 2.50 bits per heavy atom. The summed E-state index contributed by atoms with van der Waals surface area (Å²) in [5.41, 5.74) is 1.22. The first-order valence-corrected chi connectivity index (χ1v) is 11.4. The van der Waals surface area contributed by atoms with E-state index < -0.39 is 0 Å². The zero-order valence-corrected chi connectivity index (χ0v) is 18.9. The summed E-state index contributed by atoms with van der Waals surface area (Å²) in [6, 6.07) is 5.23. The molecule has 1 aliphatic carbocycles. The van der Waals surface area contributed by atoms with Gasteiger partial charge in [-0.05, 0) is 62.5 Å². The van der Waals surface area contributed by atoms with Crippen molar-refractivity contribution in [2.24, 2.45) is 5.92 Å². The molecular formula is C22H23FN6O2S. The average Bonchev–Trinajstić information content (AvgIpc) is 3.43. The summed E-state index contributed by atoms with van der Waals surface area (Å²) in [5.74, 6) is 1.40. The lowest BCUT2D eigenvalue weighted by Gasteiger charge is -2.36. The van der Waals surface area contributed by atoms with E-state index in [4.69, 9.17) is 4.98 Å². The lowest BCUT2D eigenvalue weighted by atomic mass is 10.1. The molecule has 5 rings (SSSR count). The van der Waals surface area contributed by atoms with Gasteiger partial charge in [0.2, 0.25) is 5.91 Å². The fourth-order valence-electron chi connectivity index (χ4n) is 4.18. The number of carbonyl (C=O) groups is 2. The molecule has 8 nitrogen and oxygen atoms in total. The van der Waals surface area contributed by atoms with Gasteiger partial charge in [0.1, 0.15) is 11.6 Å². The number of aryl methyl sites for hydroxylation is 1. The number of benzene rings is 1. The molecule has 1 saturated carbocycles. The number of aromatic nitrogens is 4. The minimum atomic E-state index is -0.384. The fourth-order valence-corrected chi connectivity index (χ4v) is 4.85. The summed E-state index contributed by atoms with van der Waals surface area (Å²) in [7, 11) is 1.74. The van der Waals surface area contributed by atoms with Crippen molar-refractivity contribution in [3.63, 3.8) is 0 Å². The highest BCUT2D eigenvalue weighted by molar-refractivity contribution is 7.09. The maximum atomic E-state index is 13.3. The van der Waals surface area contributed by atoms with Gasteiger partial charge in [-0.2, -0.15) is 4.37 Å². The highest BCUT2D eigenvalue weighted by atomic mass is 32.1. The number of nitrogens with zero attached hydrogens (tertiary/aromatic N) is 6. The first-order valence-electron chi connectivity index (χ1n) is 10.6. The van der Waals surface area contributed by atoms with Crippen LogP contribution < -0.4 is 4.90 Å². The molecule has 32 heavy (non-hydrogen) atoms. The normalized spacial score (nSPS) is 17.9. The molecular weight excluding hydrogens is 431 g/mol. The molecule has 0 spiro atoms. The van der Waals surface area contributed by atoms with Crippen molar-refractivity contribution in [2.75, 3.05) is 18.5 Å². The zero-order chi connectivity index (χ0) is 22.6. The van der Waals surface area contributed by atoms with Gasteiger partial charge in [-0.25, -0.2) is 14.4 Å². The lowest BCUT2D eigenvalue weighted by molar-refractivity contribution is -0.119. The standard InChI is InChI=1S/C22H23FN6O2S/c1-12-17-18(27(3)21(30)14-4-5-14)25-19(20-24-13(2)26-32-20)29(17)11-10-28(12)22(31)15-6-8-16(23)9-7-15/h6-9,12,14H,4-5,10-11H2,1-3H3/t12-/m1/s1. The van der Waals surface area contributed by atoms with Crippen LogP contribution in [0.5, 0.6) is 0 Å². The molecule has 3 heterocycles. The van der Waals surface area contributed by atoms with Crippen LogP contribution in [-0.2, 0) is 11.3 Å². The van der Waals surface area contributed by atoms with Crippen LogP contribution in [0.25, 0.3) is 10.8 Å². The number of carbonyl (C=O) groups excluding carboxylic acids is 2. The van der Waals surface area contributed by atoms with Gasteiger partial charge < -0.3 is 9.47 Å². The molecule has 1 fully saturated rings. The number of imidazole rings is 1. The maximum Gasteiger partial charge on any atom is 0.254 e. The minimum Gasteiger partial charge on any atom is -0.328 e. The number of fused-ring (bicyclic) bond motifs is 1. The molecule has 1 aromatic carbocycles. The number of amides is 2. The van der Waals surface area contributed by atoms with E-state index in [-0.39, 0.29) is 29.6 Å². The second-order valence-corrected chi connectivity index (χ2v) is 9.05. The lowest BCUT2D eigenvalue weighted by Crippen LogP contribution is -2.42. The fraction of sp³-hybridized carbons (Fsp3) is 0.409. The van der Waals surface area contributed by atoms with Gasteiger partial charge in [-0.15, -0.1) is 0 Å². The molecule has 1 aliphatic heterocycles. The Bertz CT molecular complexity index is 1200. The number of rotatable bonds is 4. The summed E-state index contributed by atoms with van der Waals surface area (Å²) < 4.78 is 19.7. The van der Waals surface area contributed by atoms with E-state index in [9.17, 15) is 14.0 Å². The summed E-state index contributed by atoms with van der Waals surface area (Å²) in [4.78, 5) is 38.7. The topological polar surface area (TPSA) is 84.2 Å². The molecule has 10 heteroatoms. The van der Waals surface area contributed by atoms with Crippen molar-refractivity contribution < 1.29 is 14.0 Å². The second-order valence-electron chi connectivity index (χ2n) is 8.30. The molecule has 0 saturated heterocycles. The number of halogens is 1. The molecule has 0 unspecified atom stereocenters. The Hall–Kier alpha value is -3.14. The van der Waals surface area contributed by atoms with Crippen LogP contribution in [0, 0.1) is 18.7 Å². The molecule has 3 aromatic rings. The van der Waals surface area contributed by atoms with E-state index >= 15 is 0 Å². The Labute approximate surface area is 188 Å². The van der Waals surface area contributed by atoms with Crippen LogP contribution in [0.3, 0.4) is 0 Å². The summed E-state index contributed by atoms with van der Waals surface area (Å²) >= 11 is 1.27. The van der Waals surface area contributed by atoms with Crippen molar-refractivity contribution in [2.45, 2.75) is 39.3 Å². The Balaban J connectivity index is 1.56. The van der Waals surface area contributed by atoms with Crippen LogP contribution in [0.15, 0.2) is 24.3 Å². The molecule has 1 atom stereocenters. The van der Waals surface area contributed by atoms with Gasteiger partial charge >= 0.3 is 0 Å². The SMILES string of the molecule is Cc1nsc(-c2nc(N(C)C(=O)C3CC3)c3n2CCN(C(=O)c2ccc(F)cc2)[C@@H]3C)n1. The summed E-state index contributed by atoms with van der Waals surface area (Å²) in [6.07, 6.45) is 1.79. The van der Waals surface area contributed by atoms with Crippen molar-refractivity contribution in [1.82, 2.24) is 23.8 Å². The predicted molar refractivity (Wildman–Crippen MR) is 118 cm³/mol. The third-order valence-corrected chi connectivity index (χ3v) is 6.86. The monoisotopic (exact) mass is 454 g/mol. The van der Waals surface area contributed by atoms with Crippen LogP contribution in [0.4, 0.5) is 10.2 Å². The van der Waals surface area contributed by atoms with Gasteiger partial charge in [0.15, 0.2) is 16.6 Å². The number of hydrogen-bond donors (Lipinski definition) is 0. The Morgan fingerprint density at radius 1 is 1.16 bits per heavy atom. The maximum absolute atomic E-state index is 13.3. The van der Waals surface area contributed by atoms with E-state index in [1.165, 1.54) is 35.8 Å². The van der Waals surface area contributed by atoms with Gasteiger partial charge in [0, 0.05) is 31.6 Å². The molecule has 2 aromatic heterocycles. The summed E-state index contributed by atoms with van der Waals surface area (Å²) in [6.45, 7) is 4.74. The molecule has 2 aliphatic rings. The zero-order valence-electron chi connectivity index (χ0n) is 18.1. The number of anilines is 1. The van der Waals surface area contributed by atoms with E-state index in [1.54, 1.807) is 16.8 Å². The van der Waals surface area contributed by atoms with Gasteiger partial charge in [0.25, 0.3) is 5.91 Å². The first kappa shape index (κ1) is 20.7. The predicted octanol–water partition coefficient (Wildman–Crippen LogP) is 3.44. The van der Waals surface area contributed by atoms with Gasteiger partial charge in [0.05, 0.1) is 11.7 Å². The Kier molecular flexibility index (Phi) is 5.04. The summed E-state index contributed by atoms with van der Waals surface area (Å²) in [5, 5.41) is 0.688. The third kappa shape index (κ3) is 3.48. The van der Waals surface area contributed by atoms with Crippen molar-refractivity contribution in [3.05, 3.63) is 47.2 Å². The van der Waals surface area contributed by atoms with Crippen LogP contribution in [0.2, 0.25) is 0 Å². The van der Waals surface area contributed by atoms with Crippen molar-refractivity contribution >= 4 is 29.2 Å². The molecule has 2 amide bonds. The second kappa shape index (κ2) is 7.77. The van der Waals surface area contributed by atoms with E-state index in [1.807, 2.05) is 18.4 Å². The smallest absolute Gasteiger partial charge is 0.254 e. The van der Waals surface area contributed by atoms with Crippen LogP contribution >= 0.6 is 11.5 Å². The van der Waals surface area contributed by atoms with E-state index in [2.05, 4.69) is 9.36 Å². The molecule has 0 bridgehead atoms. The minimum absolute atomic E-state index is 0.0417. The quantitative estimate of drug-likeness (QED) is 0.603. The largest absolute Gasteiger partial charge is 0.328 e. The van der Waals surface area contributed by atoms with Crippen LogP contribution in [-0.4, -0.2) is 49.2 Å².